The lowest BCUT2D eigenvalue weighted by Gasteiger charge is -2.01. The molecule has 1 atom stereocenters. The molecule has 2 rings (SSSR count). The largest absolute Gasteiger partial charge is 0.381 e. The molecule has 0 bridgehead atoms. The van der Waals surface area contributed by atoms with E-state index in [1.54, 1.807) is 0 Å². The fourth-order valence-electron chi connectivity index (χ4n) is 1.42. The zero-order chi connectivity index (χ0) is 10.8. The van der Waals surface area contributed by atoms with Crippen LogP contribution >= 0.6 is 11.3 Å². The van der Waals surface area contributed by atoms with Crippen molar-refractivity contribution in [3.63, 3.8) is 0 Å². The summed E-state index contributed by atoms with van der Waals surface area (Å²) in [6.45, 7) is 1.06. The average molecular weight is 226 g/mol. The maximum atomic E-state index is 11.8. The average Bonchev–Trinajstić information content (AvgIpc) is 2.88. The van der Waals surface area contributed by atoms with Crippen molar-refractivity contribution in [3.05, 3.63) is 16.1 Å². The van der Waals surface area contributed by atoms with Crippen LogP contribution in [-0.4, -0.2) is 29.9 Å². The lowest BCUT2D eigenvalue weighted by Crippen LogP contribution is -2.16. The van der Waals surface area contributed by atoms with Crippen LogP contribution in [0.2, 0.25) is 0 Å². The summed E-state index contributed by atoms with van der Waals surface area (Å²) in [5.41, 5.74) is 5.20. The van der Waals surface area contributed by atoms with Crippen LogP contribution in [0.4, 0.5) is 0 Å². The van der Waals surface area contributed by atoms with Crippen LogP contribution in [0.25, 0.3) is 0 Å². The fourth-order valence-corrected chi connectivity index (χ4v) is 2.24. The Kier molecular flexibility index (Phi) is 2.79. The molecule has 80 valence electrons. The summed E-state index contributed by atoms with van der Waals surface area (Å²) in [6, 6.07) is 0. The third-order valence-corrected chi connectivity index (χ3v) is 3.12. The molecular formula is C9H10N2O3S. The highest BCUT2D eigenvalue weighted by Crippen LogP contribution is 2.20. The molecule has 2 heterocycles. The molecular weight excluding hydrogens is 216 g/mol. The van der Waals surface area contributed by atoms with E-state index in [2.05, 4.69) is 4.98 Å². The smallest absolute Gasteiger partial charge is 0.268 e. The van der Waals surface area contributed by atoms with Crippen molar-refractivity contribution in [2.75, 3.05) is 13.2 Å². The van der Waals surface area contributed by atoms with Crippen LogP contribution < -0.4 is 5.73 Å². The summed E-state index contributed by atoms with van der Waals surface area (Å²) in [5.74, 6) is -0.769. The number of rotatable bonds is 3. The molecule has 15 heavy (non-hydrogen) atoms. The van der Waals surface area contributed by atoms with E-state index in [-0.39, 0.29) is 17.4 Å². The number of primary amides is 1. The van der Waals surface area contributed by atoms with Crippen LogP contribution in [0.15, 0.2) is 5.38 Å². The third kappa shape index (κ3) is 2.05. The van der Waals surface area contributed by atoms with Crippen LogP contribution in [0.3, 0.4) is 0 Å². The van der Waals surface area contributed by atoms with E-state index in [1.165, 1.54) is 5.38 Å². The van der Waals surface area contributed by atoms with E-state index in [0.717, 1.165) is 17.8 Å². The highest BCUT2D eigenvalue weighted by molar-refractivity contribution is 7.12. The van der Waals surface area contributed by atoms with Crippen molar-refractivity contribution in [1.29, 1.82) is 0 Å². The fraction of sp³-hybridized carbons (Fsp3) is 0.444. The third-order valence-electron chi connectivity index (χ3n) is 2.27. The number of aromatic nitrogens is 1. The number of nitrogens with two attached hydrogens (primary N) is 1. The molecule has 1 aromatic rings. The van der Waals surface area contributed by atoms with Gasteiger partial charge >= 0.3 is 0 Å². The summed E-state index contributed by atoms with van der Waals surface area (Å²) in [7, 11) is 0. The van der Waals surface area contributed by atoms with Gasteiger partial charge in [-0.1, -0.05) is 0 Å². The first kappa shape index (κ1) is 10.3. The molecule has 1 fully saturated rings. The monoisotopic (exact) mass is 226 g/mol. The highest BCUT2D eigenvalue weighted by atomic mass is 32.1. The molecule has 0 aliphatic carbocycles. The molecule has 1 unspecified atom stereocenters. The first-order chi connectivity index (χ1) is 7.18. The predicted molar refractivity (Wildman–Crippen MR) is 53.9 cm³/mol. The van der Waals surface area contributed by atoms with E-state index in [0.29, 0.717) is 18.2 Å². The minimum Gasteiger partial charge on any atom is -0.381 e. The number of Topliss-reactive ketones (excluding diaryl/α,β-unsaturated/α-hetero) is 1. The number of carbonyl (C=O) groups excluding carboxylic acids is 2. The van der Waals surface area contributed by atoms with Gasteiger partial charge in [-0.15, -0.1) is 11.3 Å². The van der Waals surface area contributed by atoms with E-state index in [9.17, 15) is 9.59 Å². The van der Waals surface area contributed by atoms with Crippen molar-refractivity contribution in [3.8, 4) is 0 Å². The molecule has 0 radical (unpaired) electrons. The van der Waals surface area contributed by atoms with Crippen molar-refractivity contribution in [2.45, 2.75) is 6.42 Å². The van der Waals surface area contributed by atoms with Crippen molar-refractivity contribution < 1.29 is 14.3 Å². The number of hydrogen-bond donors (Lipinski definition) is 1. The molecule has 6 heteroatoms. The summed E-state index contributed by atoms with van der Waals surface area (Å²) in [5, 5.41) is 1.85. The minimum atomic E-state index is -0.604. The second-order valence-electron chi connectivity index (χ2n) is 3.33. The van der Waals surface area contributed by atoms with Gasteiger partial charge in [-0.3, -0.25) is 9.59 Å². The molecule has 2 N–H and O–H groups in total. The molecule has 1 aliphatic rings. The van der Waals surface area contributed by atoms with Crippen molar-refractivity contribution in [2.24, 2.45) is 11.7 Å². The normalized spacial score (nSPS) is 20.4. The first-order valence-corrected chi connectivity index (χ1v) is 5.43. The van der Waals surface area contributed by atoms with Gasteiger partial charge in [0, 0.05) is 12.0 Å². The van der Waals surface area contributed by atoms with Gasteiger partial charge in [-0.2, -0.15) is 0 Å². The molecule has 1 aromatic heterocycles. The number of amides is 1. The van der Waals surface area contributed by atoms with Crippen molar-refractivity contribution in [1.82, 2.24) is 4.98 Å². The lowest BCUT2D eigenvalue weighted by atomic mass is 10.0. The minimum absolute atomic E-state index is 0.0509. The highest BCUT2D eigenvalue weighted by Gasteiger charge is 2.27. The van der Waals surface area contributed by atoms with Gasteiger partial charge in [0.1, 0.15) is 5.69 Å². The van der Waals surface area contributed by atoms with Gasteiger partial charge in [0.05, 0.1) is 12.5 Å². The summed E-state index contributed by atoms with van der Waals surface area (Å²) in [4.78, 5) is 26.5. The van der Waals surface area contributed by atoms with Gasteiger partial charge < -0.3 is 10.5 Å². The molecule has 5 nitrogen and oxygen atoms in total. The van der Waals surface area contributed by atoms with Gasteiger partial charge in [-0.25, -0.2) is 4.98 Å². The Morgan fingerprint density at radius 1 is 1.60 bits per heavy atom. The summed E-state index contributed by atoms with van der Waals surface area (Å²) < 4.78 is 5.12. The van der Waals surface area contributed by atoms with E-state index >= 15 is 0 Å². The van der Waals surface area contributed by atoms with Crippen molar-refractivity contribution >= 4 is 23.0 Å². The zero-order valence-corrected chi connectivity index (χ0v) is 8.75. The Bertz CT molecular complexity index is 396. The van der Waals surface area contributed by atoms with Gasteiger partial charge in [-0.05, 0) is 6.42 Å². The van der Waals surface area contributed by atoms with E-state index < -0.39 is 5.91 Å². The number of ether oxygens (including phenoxy) is 1. The van der Waals surface area contributed by atoms with Gasteiger partial charge in [0.15, 0.2) is 10.8 Å². The quantitative estimate of drug-likeness (QED) is 0.759. The van der Waals surface area contributed by atoms with Gasteiger partial charge in [0.25, 0.3) is 5.91 Å². The molecule has 1 amide bonds. The second-order valence-corrected chi connectivity index (χ2v) is 4.19. The number of carbonyl (C=O) groups is 2. The first-order valence-electron chi connectivity index (χ1n) is 4.56. The number of ketones is 1. The zero-order valence-electron chi connectivity index (χ0n) is 7.93. The Balaban J connectivity index is 2.14. The topological polar surface area (TPSA) is 82.3 Å². The maximum Gasteiger partial charge on any atom is 0.268 e. The number of hydrogen-bond acceptors (Lipinski definition) is 5. The molecule has 1 saturated heterocycles. The van der Waals surface area contributed by atoms with Crippen LogP contribution in [0, 0.1) is 5.92 Å². The Labute approximate surface area is 90.3 Å². The summed E-state index contributed by atoms with van der Waals surface area (Å²) in [6.07, 6.45) is 0.727. The predicted octanol–water partition coefficient (Wildman–Crippen LogP) is 0.461. The SMILES string of the molecule is NC(=O)c1csc(C(=O)C2CCOC2)n1. The standard InChI is InChI=1S/C9H10N2O3S/c10-8(13)6-4-15-9(11-6)7(12)5-1-2-14-3-5/h4-5H,1-3H2,(H2,10,13). The Hall–Kier alpha value is -1.27. The molecule has 0 saturated carbocycles. The molecule has 1 aliphatic heterocycles. The number of nitrogens with zero attached hydrogens (tertiary/aromatic N) is 1. The van der Waals surface area contributed by atoms with Crippen LogP contribution in [0.1, 0.15) is 26.7 Å². The Morgan fingerprint density at radius 3 is 2.93 bits per heavy atom. The molecule has 0 spiro atoms. The van der Waals surface area contributed by atoms with Gasteiger partial charge in [0.2, 0.25) is 0 Å². The number of thiazole rings is 1. The maximum absolute atomic E-state index is 11.8. The lowest BCUT2D eigenvalue weighted by molar-refractivity contribution is 0.0900. The van der Waals surface area contributed by atoms with E-state index in [1.807, 2.05) is 0 Å². The van der Waals surface area contributed by atoms with E-state index in [4.69, 9.17) is 10.5 Å². The van der Waals surface area contributed by atoms with Crippen LogP contribution in [0.5, 0.6) is 0 Å². The molecule has 0 aromatic carbocycles. The second kappa shape index (κ2) is 4.08. The Morgan fingerprint density at radius 2 is 2.40 bits per heavy atom. The van der Waals surface area contributed by atoms with Crippen LogP contribution in [-0.2, 0) is 4.74 Å². The summed E-state index contributed by atoms with van der Waals surface area (Å²) >= 11 is 1.16.